The molecule has 142 valence electrons. The van der Waals surface area contributed by atoms with E-state index in [9.17, 15) is 4.79 Å². The van der Waals surface area contributed by atoms with Gasteiger partial charge < -0.3 is 24.1 Å². The topological polar surface area (TPSA) is 87.5 Å². The third-order valence-corrected chi connectivity index (χ3v) is 4.38. The highest BCUT2D eigenvalue weighted by Gasteiger charge is 2.28. The van der Waals surface area contributed by atoms with Crippen LogP contribution >= 0.6 is 0 Å². The average Bonchev–Trinajstić information content (AvgIpc) is 3.31. The van der Waals surface area contributed by atoms with Crippen LogP contribution in [0.3, 0.4) is 0 Å². The Kier molecular flexibility index (Phi) is 4.44. The van der Waals surface area contributed by atoms with E-state index >= 15 is 0 Å². The van der Waals surface area contributed by atoms with Crippen molar-refractivity contribution in [2.75, 3.05) is 26.6 Å². The highest BCUT2D eigenvalue weighted by Crippen LogP contribution is 2.40. The van der Waals surface area contributed by atoms with Crippen LogP contribution in [-0.2, 0) is 4.79 Å². The summed E-state index contributed by atoms with van der Waals surface area (Å²) in [4.78, 5) is 21.2. The minimum absolute atomic E-state index is 0.185. The van der Waals surface area contributed by atoms with Gasteiger partial charge in [-0.3, -0.25) is 4.79 Å². The Labute approximate surface area is 161 Å². The van der Waals surface area contributed by atoms with Gasteiger partial charge in [0.15, 0.2) is 0 Å². The molecular weight excluding hydrogens is 360 g/mol. The van der Waals surface area contributed by atoms with E-state index in [1.807, 2.05) is 30.5 Å². The Hall–Kier alpha value is -3.81. The molecule has 0 saturated carbocycles. The first kappa shape index (κ1) is 17.6. The summed E-state index contributed by atoms with van der Waals surface area (Å²) in [6.07, 6.45) is 5.36. The van der Waals surface area contributed by atoms with Gasteiger partial charge in [-0.25, -0.2) is 0 Å². The van der Waals surface area contributed by atoms with Crippen LogP contribution in [0.5, 0.6) is 17.6 Å². The molecule has 0 unspecified atom stereocenters. The number of nitrogens with one attached hydrogen (secondary N) is 1. The van der Waals surface area contributed by atoms with Gasteiger partial charge in [-0.2, -0.15) is 9.97 Å². The van der Waals surface area contributed by atoms with Gasteiger partial charge in [-0.15, -0.1) is 0 Å². The van der Waals surface area contributed by atoms with Crippen LogP contribution < -0.4 is 19.5 Å². The monoisotopic (exact) mass is 378 g/mol. The molecule has 0 radical (unpaired) electrons. The van der Waals surface area contributed by atoms with Crippen LogP contribution in [0.15, 0.2) is 42.7 Å². The maximum absolute atomic E-state index is 12.6. The van der Waals surface area contributed by atoms with Crippen molar-refractivity contribution >= 4 is 23.4 Å². The summed E-state index contributed by atoms with van der Waals surface area (Å²) in [5.74, 6) is 0.884. The number of rotatable bonds is 5. The zero-order valence-electron chi connectivity index (χ0n) is 15.6. The van der Waals surface area contributed by atoms with Gasteiger partial charge in [-0.1, -0.05) is 12.1 Å². The van der Waals surface area contributed by atoms with Crippen molar-refractivity contribution < 1.29 is 19.0 Å². The van der Waals surface area contributed by atoms with E-state index in [0.29, 0.717) is 28.6 Å². The van der Waals surface area contributed by atoms with Gasteiger partial charge >= 0.3 is 6.01 Å². The van der Waals surface area contributed by atoms with Gasteiger partial charge in [-0.05, 0) is 12.1 Å². The molecule has 1 aliphatic heterocycles. The first-order valence-electron chi connectivity index (χ1n) is 8.48. The second-order valence-electron chi connectivity index (χ2n) is 6.01. The quantitative estimate of drug-likeness (QED) is 0.687. The molecule has 0 bridgehead atoms. The molecule has 1 amide bonds. The Morgan fingerprint density at radius 1 is 1.07 bits per heavy atom. The summed E-state index contributed by atoms with van der Waals surface area (Å²) in [5.41, 5.74) is 3.33. The molecule has 1 N–H and O–H groups in total. The summed E-state index contributed by atoms with van der Waals surface area (Å²) >= 11 is 0. The highest BCUT2D eigenvalue weighted by molar-refractivity contribution is 6.35. The molecule has 1 aromatic carbocycles. The summed E-state index contributed by atoms with van der Waals surface area (Å²) in [6, 6.07) is 9.31. The number of methoxy groups -OCH3 is 3. The molecular formula is C20H18N4O4. The first-order chi connectivity index (χ1) is 13.6. The van der Waals surface area contributed by atoms with Crippen LogP contribution in [0.2, 0.25) is 0 Å². The lowest BCUT2D eigenvalue weighted by atomic mass is 9.98. The number of benzene rings is 1. The molecule has 0 aliphatic carbocycles. The molecule has 2 aromatic heterocycles. The molecule has 0 atom stereocenters. The molecule has 28 heavy (non-hydrogen) atoms. The van der Waals surface area contributed by atoms with Crippen LogP contribution in [0.1, 0.15) is 5.56 Å². The number of amides is 1. The van der Waals surface area contributed by atoms with E-state index in [4.69, 9.17) is 14.2 Å². The SMILES string of the molecule is COc1ccn(C=C2C(=O)Nc3cccc(-c4cc(OC)nc(OC)n4)c32)c1. The van der Waals surface area contributed by atoms with Crippen LogP contribution in [-0.4, -0.2) is 41.8 Å². The minimum Gasteiger partial charge on any atom is -0.495 e. The minimum atomic E-state index is -0.192. The molecule has 1 aliphatic rings. The highest BCUT2D eigenvalue weighted by atomic mass is 16.5. The smallest absolute Gasteiger partial charge is 0.320 e. The predicted octanol–water partition coefficient (Wildman–Crippen LogP) is 2.92. The number of hydrogen-bond donors (Lipinski definition) is 1. The average molecular weight is 378 g/mol. The fourth-order valence-corrected chi connectivity index (χ4v) is 3.07. The third kappa shape index (κ3) is 3.05. The van der Waals surface area contributed by atoms with Gasteiger partial charge in [0, 0.05) is 35.3 Å². The fourth-order valence-electron chi connectivity index (χ4n) is 3.07. The number of ether oxygens (including phenoxy) is 3. The third-order valence-electron chi connectivity index (χ3n) is 4.38. The van der Waals surface area contributed by atoms with Gasteiger partial charge in [0.05, 0.1) is 38.8 Å². The number of anilines is 1. The lowest BCUT2D eigenvalue weighted by Crippen LogP contribution is -2.04. The van der Waals surface area contributed by atoms with Crippen LogP contribution in [0.25, 0.3) is 23.0 Å². The fraction of sp³-hybridized carbons (Fsp3) is 0.150. The van der Waals surface area contributed by atoms with Crippen molar-refractivity contribution in [3.63, 3.8) is 0 Å². The van der Waals surface area contributed by atoms with E-state index in [1.165, 1.54) is 14.2 Å². The van der Waals surface area contributed by atoms with Crippen molar-refractivity contribution in [3.8, 4) is 28.9 Å². The largest absolute Gasteiger partial charge is 0.495 e. The van der Waals surface area contributed by atoms with Crippen LogP contribution in [0.4, 0.5) is 5.69 Å². The molecule has 0 saturated heterocycles. The summed E-state index contributed by atoms with van der Waals surface area (Å²) < 4.78 is 17.4. The molecule has 8 nitrogen and oxygen atoms in total. The predicted molar refractivity (Wildman–Crippen MR) is 104 cm³/mol. The van der Waals surface area contributed by atoms with E-state index in [0.717, 1.165) is 11.1 Å². The lowest BCUT2D eigenvalue weighted by molar-refractivity contribution is -0.110. The van der Waals surface area contributed by atoms with Gasteiger partial charge in [0.1, 0.15) is 5.75 Å². The second-order valence-corrected chi connectivity index (χ2v) is 6.01. The normalized spacial score (nSPS) is 14.0. The number of aromatic nitrogens is 3. The summed E-state index contributed by atoms with van der Waals surface area (Å²) in [5, 5.41) is 2.90. The van der Waals surface area contributed by atoms with Crippen molar-refractivity contribution in [2.45, 2.75) is 0 Å². The van der Waals surface area contributed by atoms with E-state index in [-0.39, 0.29) is 11.9 Å². The molecule has 8 heteroatoms. The second kappa shape index (κ2) is 7.07. The number of fused-ring (bicyclic) bond motifs is 1. The molecule has 3 heterocycles. The van der Waals surface area contributed by atoms with Crippen LogP contribution in [0, 0.1) is 0 Å². The Morgan fingerprint density at radius 3 is 2.64 bits per heavy atom. The van der Waals surface area contributed by atoms with Crippen molar-refractivity contribution in [1.82, 2.24) is 14.5 Å². The molecule has 4 rings (SSSR count). The zero-order valence-corrected chi connectivity index (χ0v) is 15.6. The van der Waals surface area contributed by atoms with E-state index in [2.05, 4.69) is 15.3 Å². The number of carbonyl (C=O) groups is 1. The molecule has 3 aromatic rings. The lowest BCUT2D eigenvalue weighted by Gasteiger charge is -2.10. The zero-order chi connectivity index (χ0) is 19.7. The van der Waals surface area contributed by atoms with Crippen molar-refractivity contribution in [2.24, 2.45) is 0 Å². The summed E-state index contributed by atoms with van der Waals surface area (Å²) in [7, 11) is 4.61. The van der Waals surface area contributed by atoms with Crippen molar-refractivity contribution in [3.05, 3.63) is 48.3 Å². The molecule has 0 fully saturated rings. The standard InChI is InChI=1S/C20H18N4O4/c1-26-12-7-8-24(10-12)11-14-18-13(5-4-6-15(18)21-19(14)25)16-9-17(27-2)23-20(22-16)28-3/h4-11H,1-3H3,(H,21,25). The van der Waals surface area contributed by atoms with Gasteiger partial charge in [0.2, 0.25) is 5.88 Å². The number of nitrogens with zero attached hydrogens (tertiary/aromatic N) is 3. The Bertz CT molecular complexity index is 1070. The van der Waals surface area contributed by atoms with Crippen molar-refractivity contribution in [1.29, 1.82) is 0 Å². The Morgan fingerprint density at radius 2 is 1.93 bits per heavy atom. The summed E-state index contributed by atoms with van der Waals surface area (Å²) in [6.45, 7) is 0. The first-order valence-corrected chi connectivity index (χ1v) is 8.48. The maximum atomic E-state index is 12.6. The van der Waals surface area contributed by atoms with E-state index in [1.54, 1.807) is 30.1 Å². The van der Waals surface area contributed by atoms with Gasteiger partial charge in [0.25, 0.3) is 5.91 Å². The Balaban J connectivity index is 1.88. The number of hydrogen-bond acceptors (Lipinski definition) is 6. The molecule has 0 spiro atoms. The van der Waals surface area contributed by atoms with E-state index < -0.39 is 0 Å². The maximum Gasteiger partial charge on any atom is 0.320 e. The number of carbonyl (C=O) groups excluding carboxylic acids is 1.